The van der Waals surface area contributed by atoms with Gasteiger partial charge in [0.2, 0.25) is 0 Å². The number of hydrogen-bond acceptors (Lipinski definition) is 5. The molecule has 0 radical (unpaired) electrons. The molecule has 1 aromatic heterocycles. The van der Waals surface area contributed by atoms with E-state index in [-0.39, 0.29) is 11.9 Å². The molecule has 0 aliphatic carbocycles. The molecule has 0 aliphatic rings. The molecule has 0 bridgehead atoms. The average molecular weight is 267 g/mol. The minimum Gasteiger partial charge on any atom is -0.496 e. The van der Waals surface area contributed by atoms with Crippen LogP contribution in [-0.2, 0) is 6.42 Å². The molecule has 0 fully saturated rings. The average Bonchev–Trinajstić information content (AvgIpc) is 2.89. The summed E-state index contributed by atoms with van der Waals surface area (Å²) in [7, 11) is 1.51. The van der Waals surface area contributed by atoms with Crippen LogP contribution in [0.5, 0.6) is 5.75 Å². The molecule has 0 aliphatic heterocycles. The van der Waals surface area contributed by atoms with Crippen molar-refractivity contribution in [2.75, 3.05) is 7.11 Å². The van der Waals surface area contributed by atoms with Crippen LogP contribution in [0.4, 0.5) is 4.39 Å². The maximum absolute atomic E-state index is 13.9. The van der Waals surface area contributed by atoms with Crippen molar-refractivity contribution in [1.82, 2.24) is 10.4 Å². The largest absolute Gasteiger partial charge is 0.496 e. The summed E-state index contributed by atoms with van der Waals surface area (Å²) < 4.78 is 19.1. The molecule has 18 heavy (non-hydrogen) atoms. The minimum atomic E-state index is -0.368. The molecular formula is C12H14FN3OS. The zero-order valence-electron chi connectivity index (χ0n) is 9.89. The van der Waals surface area contributed by atoms with Crippen molar-refractivity contribution in [2.45, 2.75) is 12.5 Å². The van der Waals surface area contributed by atoms with Gasteiger partial charge in [-0.05, 0) is 12.1 Å². The molecule has 2 aromatic rings. The van der Waals surface area contributed by atoms with Gasteiger partial charge in [-0.3, -0.25) is 11.3 Å². The van der Waals surface area contributed by atoms with Gasteiger partial charge in [0.1, 0.15) is 11.6 Å². The zero-order chi connectivity index (χ0) is 13.0. The monoisotopic (exact) mass is 267 g/mol. The fourth-order valence-corrected chi connectivity index (χ4v) is 2.47. The number of nitrogens with two attached hydrogens (primary N) is 1. The number of halogens is 1. The molecule has 6 heteroatoms. The fourth-order valence-electron chi connectivity index (χ4n) is 1.81. The van der Waals surface area contributed by atoms with Crippen molar-refractivity contribution in [2.24, 2.45) is 5.84 Å². The van der Waals surface area contributed by atoms with Gasteiger partial charge in [-0.2, -0.15) is 0 Å². The van der Waals surface area contributed by atoms with Crippen LogP contribution in [-0.4, -0.2) is 12.1 Å². The smallest absolute Gasteiger partial charge is 0.131 e. The van der Waals surface area contributed by atoms with Crippen LogP contribution in [0.2, 0.25) is 0 Å². The van der Waals surface area contributed by atoms with E-state index in [9.17, 15) is 4.39 Å². The lowest BCUT2D eigenvalue weighted by atomic mass is 10.0. The van der Waals surface area contributed by atoms with E-state index in [0.29, 0.717) is 17.7 Å². The summed E-state index contributed by atoms with van der Waals surface area (Å²) >= 11 is 1.51. The number of hydrogen-bond donors (Lipinski definition) is 2. The second-order valence-electron chi connectivity index (χ2n) is 3.70. The number of nitrogens with one attached hydrogen (secondary N) is 1. The Morgan fingerprint density at radius 2 is 2.39 bits per heavy atom. The summed E-state index contributed by atoms with van der Waals surface area (Å²) in [5.41, 5.74) is 3.05. The third kappa shape index (κ3) is 2.66. The molecule has 2 rings (SSSR count). The predicted octanol–water partition coefficient (Wildman–Crippen LogP) is 2.04. The number of methoxy groups -OCH3 is 1. The highest BCUT2D eigenvalue weighted by molar-refractivity contribution is 7.09. The van der Waals surface area contributed by atoms with Gasteiger partial charge in [-0.25, -0.2) is 9.37 Å². The van der Waals surface area contributed by atoms with Crippen LogP contribution >= 0.6 is 11.3 Å². The molecule has 1 unspecified atom stereocenters. The number of hydrazine groups is 1. The van der Waals surface area contributed by atoms with E-state index in [1.54, 1.807) is 18.3 Å². The first-order valence-corrected chi connectivity index (χ1v) is 6.31. The van der Waals surface area contributed by atoms with Gasteiger partial charge in [0.15, 0.2) is 0 Å². The van der Waals surface area contributed by atoms with Crippen LogP contribution in [0.3, 0.4) is 0 Å². The molecule has 1 aromatic carbocycles. The van der Waals surface area contributed by atoms with E-state index in [0.717, 1.165) is 5.01 Å². The topological polar surface area (TPSA) is 60.2 Å². The molecule has 1 heterocycles. The second kappa shape index (κ2) is 5.90. The Balaban J connectivity index is 2.32. The summed E-state index contributed by atoms with van der Waals surface area (Å²) in [5, 5.41) is 2.77. The van der Waals surface area contributed by atoms with Crippen LogP contribution in [0.25, 0.3) is 0 Å². The van der Waals surface area contributed by atoms with Crippen LogP contribution in [0, 0.1) is 5.82 Å². The van der Waals surface area contributed by atoms with Gasteiger partial charge < -0.3 is 4.74 Å². The molecule has 0 saturated heterocycles. The Bertz CT molecular complexity index is 504. The first kappa shape index (κ1) is 12.9. The van der Waals surface area contributed by atoms with Gasteiger partial charge in [0, 0.05) is 23.6 Å². The van der Waals surface area contributed by atoms with Gasteiger partial charge in [-0.15, -0.1) is 11.3 Å². The van der Waals surface area contributed by atoms with Crippen molar-refractivity contribution in [1.29, 1.82) is 0 Å². The van der Waals surface area contributed by atoms with E-state index in [1.807, 2.05) is 5.38 Å². The Labute approximate surface area is 109 Å². The predicted molar refractivity (Wildman–Crippen MR) is 68.8 cm³/mol. The Hall–Kier alpha value is -1.50. The minimum absolute atomic E-state index is 0.339. The maximum atomic E-state index is 13.9. The van der Waals surface area contributed by atoms with Gasteiger partial charge in [-0.1, -0.05) is 6.07 Å². The van der Waals surface area contributed by atoms with Gasteiger partial charge in [0.05, 0.1) is 18.2 Å². The zero-order valence-corrected chi connectivity index (χ0v) is 10.7. The lowest BCUT2D eigenvalue weighted by Gasteiger charge is -2.18. The third-order valence-electron chi connectivity index (χ3n) is 2.64. The quantitative estimate of drug-likeness (QED) is 0.643. The summed E-state index contributed by atoms with van der Waals surface area (Å²) in [6.45, 7) is 0. The molecule has 0 amide bonds. The van der Waals surface area contributed by atoms with Crippen LogP contribution < -0.4 is 16.0 Å². The van der Waals surface area contributed by atoms with E-state index >= 15 is 0 Å². The standard InChI is InChI=1S/C12H14FN3OS/c1-17-10-4-2-3-8(13)12(10)9(16-14)7-11-15-5-6-18-11/h2-6,9,16H,7,14H2,1H3. The summed E-state index contributed by atoms with van der Waals surface area (Å²) in [6, 6.07) is 4.34. The van der Waals surface area contributed by atoms with Crippen LogP contribution in [0.15, 0.2) is 29.8 Å². The van der Waals surface area contributed by atoms with Gasteiger partial charge in [0.25, 0.3) is 0 Å². The number of benzene rings is 1. The molecule has 96 valence electrons. The normalized spacial score (nSPS) is 12.4. The lowest BCUT2D eigenvalue weighted by molar-refractivity contribution is 0.390. The highest BCUT2D eigenvalue weighted by Crippen LogP contribution is 2.29. The van der Waals surface area contributed by atoms with E-state index < -0.39 is 0 Å². The Kier molecular flexibility index (Phi) is 4.24. The van der Waals surface area contributed by atoms with Crippen molar-refractivity contribution in [3.63, 3.8) is 0 Å². The number of rotatable bonds is 5. The molecule has 0 saturated carbocycles. The number of thiazole rings is 1. The fraction of sp³-hybridized carbons (Fsp3) is 0.250. The maximum Gasteiger partial charge on any atom is 0.131 e. The molecule has 0 spiro atoms. The molecular weight excluding hydrogens is 253 g/mol. The molecule has 1 atom stereocenters. The number of nitrogens with zero attached hydrogens (tertiary/aromatic N) is 1. The van der Waals surface area contributed by atoms with E-state index in [1.165, 1.54) is 24.5 Å². The van der Waals surface area contributed by atoms with Crippen molar-refractivity contribution in [3.8, 4) is 5.75 Å². The van der Waals surface area contributed by atoms with Gasteiger partial charge >= 0.3 is 0 Å². The number of ether oxygens (including phenoxy) is 1. The van der Waals surface area contributed by atoms with E-state index in [4.69, 9.17) is 10.6 Å². The molecule has 3 N–H and O–H groups in total. The highest BCUT2D eigenvalue weighted by Gasteiger charge is 2.20. The Morgan fingerprint density at radius 3 is 3.00 bits per heavy atom. The van der Waals surface area contributed by atoms with Crippen molar-refractivity contribution >= 4 is 11.3 Å². The number of aromatic nitrogens is 1. The van der Waals surface area contributed by atoms with Crippen molar-refractivity contribution in [3.05, 3.63) is 46.2 Å². The van der Waals surface area contributed by atoms with Crippen molar-refractivity contribution < 1.29 is 9.13 Å². The third-order valence-corrected chi connectivity index (χ3v) is 3.45. The Morgan fingerprint density at radius 1 is 1.56 bits per heavy atom. The summed E-state index contributed by atoms with van der Waals surface area (Å²) in [5.74, 6) is 5.66. The lowest BCUT2D eigenvalue weighted by Crippen LogP contribution is -2.30. The first-order chi connectivity index (χ1) is 8.76. The highest BCUT2D eigenvalue weighted by atomic mass is 32.1. The second-order valence-corrected chi connectivity index (χ2v) is 4.68. The van der Waals surface area contributed by atoms with E-state index in [2.05, 4.69) is 10.4 Å². The summed E-state index contributed by atoms with van der Waals surface area (Å²) in [6.07, 6.45) is 2.23. The van der Waals surface area contributed by atoms with Crippen LogP contribution in [0.1, 0.15) is 16.6 Å². The first-order valence-electron chi connectivity index (χ1n) is 5.43. The molecule has 4 nitrogen and oxygen atoms in total. The SMILES string of the molecule is COc1cccc(F)c1C(Cc1nccs1)NN. The summed E-state index contributed by atoms with van der Waals surface area (Å²) in [4.78, 5) is 4.17.